The monoisotopic (exact) mass is 514 g/mol. The Morgan fingerprint density at radius 1 is 1.05 bits per heavy atom. The number of rotatable bonds is 10. The second-order valence-electron chi connectivity index (χ2n) is 9.98. The molecular weight excluding hydrogens is 479 g/mol. The summed E-state index contributed by atoms with van der Waals surface area (Å²) in [5.41, 5.74) is 4.00. The van der Waals surface area contributed by atoms with E-state index in [9.17, 15) is 4.79 Å². The van der Waals surface area contributed by atoms with Crippen LogP contribution < -0.4 is 5.32 Å². The molecule has 4 rings (SSSR count). The van der Waals surface area contributed by atoms with Crippen LogP contribution in [0.1, 0.15) is 49.2 Å². The van der Waals surface area contributed by atoms with Crippen molar-refractivity contribution in [1.82, 2.24) is 14.9 Å². The second-order valence-corrected chi connectivity index (χ2v) is 9.98. The van der Waals surface area contributed by atoms with Crippen LogP contribution in [-0.4, -0.2) is 48.1 Å². The number of esters is 1. The van der Waals surface area contributed by atoms with E-state index < -0.39 is 11.8 Å². The summed E-state index contributed by atoms with van der Waals surface area (Å²) < 4.78 is 20.2. The SMILES string of the molecule is CCOC(=O)c1cccc(-c2ccc(Nc3cc4nc(C(C)C(C)CCN(C)C)ccc4cn3)c(F)c2)c1. The maximum absolute atomic E-state index is 15.1. The number of pyridine rings is 2. The van der Waals surface area contributed by atoms with E-state index in [2.05, 4.69) is 49.2 Å². The molecular formula is C31H35FN4O2. The quantitative estimate of drug-likeness (QED) is 0.229. The van der Waals surface area contributed by atoms with Gasteiger partial charge in [-0.3, -0.25) is 4.98 Å². The van der Waals surface area contributed by atoms with Gasteiger partial charge < -0.3 is 15.0 Å². The summed E-state index contributed by atoms with van der Waals surface area (Å²) in [5, 5.41) is 4.02. The number of hydrogen-bond donors (Lipinski definition) is 1. The standard InChI is InChI=1S/C31H35FN4O2/c1-6-38-31(37)24-9-7-8-22(16-24)23-10-13-28(26(32)17-23)35-30-18-29-25(19-33-30)11-12-27(34-29)21(3)20(2)14-15-36(4)5/h7-13,16-21H,6,14-15H2,1-5H3,(H,33,35). The van der Waals surface area contributed by atoms with Gasteiger partial charge in [-0.25, -0.2) is 14.2 Å². The van der Waals surface area contributed by atoms with Crippen molar-refractivity contribution in [3.05, 3.63) is 83.9 Å². The van der Waals surface area contributed by atoms with Gasteiger partial charge in [-0.15, -0.1) is 0 Å². The van der Waals surface area contributed by atoms with Crippen LogP contribution in [0.3, 0.4) is 0 Å². The van der Waals surface area contributed by atoms with E-state index in [0.29, 0.717) is 41.1 Å². The third-order valence-electron chi connectivity index (χ3n) is 6.89. The van der Waals surface area contributed by atoms with E-state index in [-0.39, 0.29) is 0 Å². The molecule has 38 heavy (non-hydrogen) atoms. The summed E-state index contributed by atoms with van der Waals surface area (Å²) in [5.74, 6) is 0.510. The molecule has 0 saturated heterocycles. The number of carbonyl (C=O) groups is 1. The number of benzene rings is 2. The van der Waals surface area contributed by atoms with Gasteiger partial charge in [-0.2, -0.15) is 0 Å². The fourth-order valence-electron chi connectivity index (χ4n) is 4.33. The number of anilines is 2. The highest BCUT2D eigenvalue weighted by Crippen LogP contribution is 2.29. The molecule has 2 unspecified atom stereocenters. The van der Waals surface area contributed by atoms with Crippen molar-refractivity contribution >= 4 is 28.4 Å². The van der Waals surface area contributed by atoms with Crippen LogP contribution in [0.5, 0.6) is 0 Å². The Bertz CT molecular complexity index is 1420. The third-order valence-corrected chi connectivity index (χ3v) is 6.89. The number of ether oxygens (including phenoxy) is 1. The van der Waals surface area contributed by atoms with Crippen LogP contribution in [0.2, 0.25) is 0 Å². The van der Waals surface area contributed by atoms with E-state index in [4.69, 9.17) is 9.72 Å². The number of aromatic nitrogens is 2. The molecule has 2 aromatic carbocycles. The maximum Gasteiger partial charge on any atom is 0.338 e. The van der Waals surface area contributed by atoms with Crippen molar-refractivity contribution in [2.24, 2.45) is 5.92 Å². The minimum absolute atomic E-state index is 0.298. The first-order chi connectivity index (χ1) is 18.2. The zero-order chi connectivity index (χ0) is 27.2. The molecule has 2 aromatic heterocycles. The molecule has 0 amide bonds. The zero-order valence-electron chi connectivity index (χ0n) is 22.7. The molecule has 0 radical (unpaired) electrons. The summed E-state index contributed by atoms with van der Waals surface area (Å²) in [4.78, 5) is 23.6. The van der Waals surface area contributed by atoms with Gasteiger partial charge in [0.1, 0.15) is 11.6 Å². The van der Waals surface area contributed by atoms with E-state index in [1.165, 1.54) is 6.07 Å². The lowest BCUT2D eigenvalue weighted by molar-refractivity contribution is 0.0526. The van der Waals surface area contributed by atoms with Crippen molar-refractivity contribution in [3.8, 4) is 11.1 Å². The van der Waals surface area contributed by atoms with Crippen molar-refractivity contribution in [1.29, 1.82) is 0 Å². The van der Waals surface area contributed by atoms with Gasteiger partial charge in [0, 0.05) is 29.3 Å². The summed E-state index contributed by atoms with van der Waals surface area (Å²) in [6, 6.07) is 17.9. The number of nitrogens with zero attached hydrogens (tertiary/aromatic N) is 3. The van der Waals surface area contributed by atoms with Crippen LogP contribution in [0, 0.1) is 11.7 Å². The first kappa shape index (κ1) is 27.2. The largest absolute Gasteiger partial charge is 0.462 e. The first-order valence-electron chi connectivity index (χ1n) is 13.0. The Morgan fingerprint density at radius 2 is 1.84 bits per heavy atom. The second kappa shape index (κ2) is 12.1. The Labute approximate surface area is 223 Å². The molecule has 6 nitrogen and oxygen atoms in total. The van der Waals surface area contributed by atoms with Gasteiger partial charge in [0.25, 0.3) is 0 Å². The lowest BCUT2D eigenvalue weighted by atomic mass is 9.89. The molecule has 0 spiro atoms. The molecule has 7 heteroatoms. The lowest BCUT2D eigenvalue weighted by Crippen LogP contribution is -2.18. The Kier molecular flexibility index (Phi) is 8.69. The summed E-state index contributed by atoms with van der Waals surface area (Å²) >= 11 is 0. The molecule has 0 aliphatic heterocycles. The van der Waals surface area contributed by atoms with E-state index >= 15 is 4.39 Å². The average molecular weight is 515 g/mol. The molecule has 0 saturated carbocycles. The molecule has 0 aliphatic carbocycles. The highest BCUT2D eigenvalue weighted by atomic mass is 19.1. The predicted molar refractivity (Wildman–Crippen MR) is 151 cm³/mol. The number of hydrogen-bond acceptors (Lipinski definition) is 6. The fraction of sp³-hybridized carbons (Fsp3) is 0.323. The number of nitrogens with one attached hydrogen (secondary N) is 1. The normalized spacial score (nSPS) is 12.9. The van der Waals surface area contributed by atoms with Crippen LogP contribution in [0.15, 0.2) is 66.9 Å². The molecule has 0 aliphatic rings. The zero-order valence-corrected chi connectivity index (χ0v) is 22.7. The van der Waals surface area contributed by atoms with Gasteiger partial charge in [0.05, 0.1) is 23.4 Å². The van der Waals surface area contributed by atoms with Crippen LogP contribution in [0.25, 0.3) is 22.0 Å². The summed E-state index contributed by atoms with van der Waals surface area (Å²) in [7, 11) is 4.18. The molecule has 0 bridgehead atoms. The minimum Gasteiger partial charge on any atom is -0.462 e. The maximum atomic E-state index is 15.1. The lowest BCUT2D eigenvalue weighted by Gasteiger charge is -2.21. The van der Waals surface area contributed by atoms with E-state index in [0.717, 1.165) is 35.1 Å². The molecule has 198 valence electrons. The summed E-state index contributed by atoms with van der Waals surface area (Å²) in [6.45, 7) is 7.58. The van der Waals surface area contributed by atoms with Crippen LogP contribution in [0.4, 0.5) is 15.9 Å². The first-order valence-corrected chi connectivity index (χ1v) is 13.0. The molecule has 2 heterocycles. The Hall–Kier alpha value is -3.84. The highest BCUT2D eigenvalue weighted by Gasteiger charge is 2.17. The number of fused-ring (bicyclic) bond motifs is 1. The Balaban J connectivity index is 1.53. The van der Waals surface area contributed by atoms with E-state index in [1.54, 1.807) is 37.4 Å². The van der Waals surface area contributed by atoms with Gasteiger partial charge in [-0.05, 0) is 87.4 Å². The minimum atomic E-state index is -0.420. The van der Waals surface area contributed by atoms with Crippen molar-refractivity contribution in [2.45, 2.75) is 33.1 Å². The number of carbonyl (C=O) groups excluding carboxylic acids is 1. The van der Waals surface area contributed by atoms with Crippen molar-refractivity contribution in [3.63, 3.8) is 0 Å². The Morgan fingerprint density at radius 3 is 2.58 bits per heavy atom. The van der Waals surface area contributed by atoms with Crippen LogP contribution in [-0.2, 0) is 4.74 Å². The van der Waals surface area contributed by atoms with Gasteiger partial charge in [0.15, 0.2) is 0 Å². The van der Waals surface area contributed by atoms with Gasteiger partial charge in [-0.1, -0.05) is 32.0 Å². The molecule has 1 N–H and O–H groups in total. The van der Waals surface area contributed by atoms with Crippen molar-refractivity contribution in [2.75, 3.05) is 32.6 Å². The van der Waals surface area contributed by atoms with Crippen molar-refractivity contribution < 1.29 is 13.9 Å². The third kappa shape index (κ3) is 6.53. The van der Waals surface area contributed by atoms with Crippen LogP contribution >= 0.6 is 0 Å². The van der Waals surface area contributed by atoms with Gasteiger partial charge in [0.2, 0.25) is 0 Å². The number of halogens is 1. The average Bonchev–Trinajstić information content (AvgIpc) is 2.92. The smallest absolute Gasteiger partial charge is 0.338 e. The fourth-order valence-corrected chi connectivity index (χ4v) is 4.33. The molecule has 2 atom stereocenters. The molecule has 4 aromatic rings. The van der Waals surface area contributed by atoms with Gasteiger partial charge >= 0.3 is 5.97 Å². The molecule has 0 fully saturated rings. The van der Waals surface area contributed by atoms with E-state index in [1.807, 2.05) is 24.3 Å². The predicted octanol–water partition coefficient (Wildman–Crippen LogP) is 7.05. The topological polar surface area (TPSA) is 67.3 Å². The summed E-state index contributed by atoms with van der Waals surface area (Å²) in [6.07, 6.45) is 2.85. The highest BCUT2D eigenvalue weighted by molar-refractivity contribution is 5.91.